The number of benzene rings is 2. The first-order valence-corrected chi connectivity index (χ1v) is 8.73. The van der Waals surface area contributed by atoms with Crippen LogP contribution in [0.2, 0.25) is 0 Å². The number of nitrogens with one attached hydrogen (secondary N) is 1. The summed E-state index contributed by atoms with van der Waals surface area (Å²) in [5.74, 6) is 7.52. The van der Waals surface area contributed by atoms with Gasteiger partial charge in [0.1, 0.15) is 12.4 Å². The van der Waals surface area contributed by atoms with Crippen LogP contribution < -0.4 is 19.5 Å². The van der Waals surface area contributed by atoms with E-state index in [9.17, 15) is 4.79 Å². The molecule has 1 aromatic heterocycles. The lowest BCUT2D eigenvalue weighted by molar-refractivity contribution is 0.0958. The van der Waals surface area contributed by atoms with E-state index in [1.54, 1.807) is 18.2 Å². The first-order valence-electron chi connectivity index (χ1n) is 7.91. The molecule has 130 valence electrons. The molecular weight excluding hydrogens is 352 g/mol. The van der Waals surface area contributed by atoms with Crippen molar-refractivity contribution in [3.05, 3.63) is 47.5 Å². The normalized spacial score (nSPS) is 11.7. The smallest absolute Gasteiger partial charge is 0.281 e. The molecule has 0 aliphatic carbocycles. The van der Waals surface area contributed by atoms with Crippen molar-refractivity contribution >= 4 is 27.5 Å². The van der Waals surface area contributed by atoms with Crippen molar-refractivity contribution in [1.29, 1.82) is 0 Å². The summed E-state index contributed by atoms with van der Waals surface area (Å²) in [6, 6.07) is 13.0. The zero-order valence-electron chi connectivity index (χ0n) is 13.7. The standard InChI is InChI=1S/C19H14N2O4S/c22-18(19-21-14-5-1-2-6-17(14)26-19)20-9-3-4-10-23-13-7-8-15-16(11-13)25-12-24-15/h1-2,5-8,11H,9-10,12H2,(H,20,22). The van der Waals surface area contributed by atoms with E-state index < -0.39 is 0 Å². The predicted octanol–water partition coefficient (Wildman–Crippen LogP) is 2.84. The van der Waals surface area contributed by atoms with Crippen LogP contribution in [-0.4, -0.2) is 30.8 Å². The summed E-state index contributed by atoms with van der Waals surface area (Å²) in [5, 5.41) is 3.17. The summed E-state index contributed by atoms with van der Waals surface area (Å²) in [7, 11) is 0. The average Bonchev–Trinajstić information content (AvgIpc) is 3.30. The first kappa shape index (κ1) is 16.2. The monoisotopic (exact) mass is 366 g/mol. The quantitative estimate of drug-likeness (QED) is 0.719. The molecule has 26 heavy (non-hydrogen) atoms. The predicted molar refractivity (Wildman–Crippen MR) is 97.8 cm³/mol. The number of hydrogen-bond acceptors (Lipinski definition) is 6. The van der Waals surface area contributed by atoms with Crippen LogP contribution in [0.15, 0.2) is 42.5 Å². The Kier molecular flexibility index (Phi) is 4.58. The number of para-hydroxylation sites is 1. The number of nitrogens with zero attached hydrogens (tertiary/aromatic N) is 1. The average molecular weight is 366 g/mol. The lowest BCUT2D eigenvalue weighted by Gasteiger charge is -2.02. The molecule has 7 heteroatoms. The van der Waals surface area contributed by atoms with Crippen LogP contribution in [-0.2, 0) is 0 Å². The number of hydrogen-bond donors (Lipinski definition) is 1. The van der Waals surface area contributed by atoms with Crippen molar-refractivity contribution in [2.24, 2.45) is 0 Å². The lowest BCUT2D eigenvalue weighted by Crippen LogP contribution is -2.23. The number of aromatic nitrogens is 1. The zero-order valence-corrected chi connectivity index (χ0v) is 14.5. The lowest BCUT2D eigenvalue weighted by atomic mass is 10.3. The van der Waals surface area contributed by atoms with Gasteiger partial charge < -0.3 is 19.5 Å². The fourth-order valence-corrected chi connectivity index (χ4v) is 3.25. The van der Waals surface area contributed by atoms with Gasteiger partial charge in [-0.3, -0.25) is 4.79 Å². The molecule has 0 unspecified atom stereocenters. The van der Waals surface area contributed by atoms with Gasteiger partial charge in [-0.15, -0.1) is 11.3 Å². The maximum absolute atomic E-state index is 12.1. The van der Waals surface area contributed by atoms with Gasteiger partial charge in [-0.1, -0.05) is 24.0 Å². The van der Waals surface area contributed by atoms with E-state index in [2.05, 4.69) is 22.1 Å². The highest BCUT2D eigenvalue weighted by atomic mass is 32.1. The van der Waals surface area contributed by atoms with Crippen LogP contribution in [0.3, 0.4) is 0 Å². The van der Waals surface area contributed by atoms with E-state index in [0.717, 1.165) is 10.2 Å². The molecule has 6 nitrogen and oxygen atoms in total. The van der Waals surface area contributed by atoms with Gasteiger partial charge >= 0.3 is 0 Å². The maximum atomic E-state index is 12.1. The number of carbonyl (C=O) groups excluding carboxylic acids is 1. The van der Waals surface area contributed by atoms with Crippen molar-refractivity contribution in [2.45, 2.75) is 0 Å². The van der Waals surface area contributed by atoms with Gasteiger partial charge in [-0.2, -0.15) is 0 Å². The summed E-state index contributed by atoms with van der Waals surface area (Å²) >= 11 is 1.36. The van der Waals surface area contributed by atoms with E-state index in [-0.39, 0.29) is 25.9 Å². The Bertz CT molecular complexity index is 986. The second-order valence-corrected chi connectivity index (χ2v) is 6.36. The molecule has 0 bridgehead atoms. The third-order valence-corrected chi connectivity index (χ3v) is 4.64. The maximum Gasteiger partial charge on any atom is 0.281 e. The van der Waals surface area contributed by atoms with E-state index in [1.807, 2.05) is 24.3 Å². The topological polar surface area (TPSA) is 69.7 Å². The van der Waals surface area contributed by atoms with Crippen molar-refractivity contribution in [1.82, 2.24) is 10.3 Å². The van der Waals surface area contributed by atoms with Crippen LogP contribution in [0.5, 0.6) is 17.2 Å². The molecule has 0 atom stereocenters. The molecule has 2 heterocycles. The number of rotatable bonds is 4. The van der Waals surface area contributed by atoms with E-state index in [1.165, 1.54) is 11.3 Å². The highest BCUT2D eigenvalue weighted by Crippen LogP contribution is 2.34. The Hall–Kier alpha value is -3.24. The molecule has 1 aliphatic heterocycles. The Morgan fingerprint density at radius 2 is 2.08 bits per heavy atom. The number of ether oxygens (including phenoxy) is 3. The Balaban J connectivity index is 1.25. The molecule has 3 aromatic rings. The second-order valence-electron chi connectivity index (χ2n) is 5.33. The highest BCUT2D eigenvalue weighted by molar-refractivity contribution is 7.20. The van der Waals surface area contributed by atoms with Crippen molar-refractivity contribution < 1.29 is 19.0 Å². The minimum atomic E-state index is -0.225. The molecule has 2 aromatic carbocycles. The van der Waals surface area contributed by atoms with Gasteiger partial charge in [0.25, 0.3) is 5.91 Å². The summed E-state index contributed by atoms with van der Waals surface area (Å²) in [4.78, 5) is 16.4. The summed E-state index contributed by atoms with van der Waals surface area (Å²) in [5.41, 5.74) is 0.825. The minimum Gasteiger partial charge on any atom is -0.481 e. The molecule has 0 fully saturated rings. The first-order chi connectivity index (χ1) is 12.8. The van der Waals surface area contributed by atoms with Crippen LogP contribution in [0, 0.1) is 11.8 Å². The van der Waals surface area contributed by atoms with Crippen LogP contribution >= 0.6 is 11.3 Å². The van der Waals surface area contributed by atoms with E-state index >= 15 is 0 Å². The van der Waals surface area contributed by atoms with Gasteiger partial charge in [0, 0.05) is 6.07 Å². The third kappa shape index (κ3) is 3.55. The third-order valence-electron chi connectivity index (χ3n) is 3.61. The van der Waals surface area contributed by atoms with Crippen LogP contribution in [0.1, 0.15) is 9.80 Å². The summed E-state index contributed by atoms with van der Waals surface area (Å²) < 4.78 is 17.0. The van der Waals surface area contributed by atoms with Gasteiger partial charge in [-0.25, -0.2) is 4.98 Å². The van der Waals surface area contributed by atoms with E-state index in [0.29, 0.717) is 22.3 Å². The van der Waals surface area contributed by atoms with Crippen molar-refractivity contribution in [3.8, 4) is 29.1 Å². The molecule has 0 radical (unpaired) electrons. The summed E-state index contributed by atoms with van der Waals surface area (Å²) in [6.45, 7) is 0.683. The Labute approximate surface area is 153 Å². The van der Waals surface area contributed by atoms with Gasteiger partial charge in [0.2, 0.25) is 6.79 Å². The largest absolute Gasteiger partial charge is 0.481 e. The Morgan fingerprint density at radius 1 is 1.19 bits per heavy atom. The molecule has 1 N–H and O–H groups in total. The molecule has 0 spiro atoms. The molecule has 0 saturated carbocycles. The molecule has 4 rings (SSSR count). The molecule has 1 aliphatic rings. The fraction of sp³-hybridized carbons (Fsp3) is 0.158. The highest BCUT2D eigenvalue weighted by Gasteiger charge is 2.13. The SMILES string of the molecule is O=C(NCC#CCOc1ccc2c(c1)OCO2)c1nc2ccccc2s1. The molecule has 0 saturated heterocycles. The fourth-order valence-electron chi connectivity index (χ4n) is 2.37. The van der Waals surface area contributed by atoms with Crippen molar-refractivity contribution in [2.75, 3.05) is 19.9 Å². The second kappa shape index (κ2) is 7.33. The molecular formula is C19H14N2O4S. The van der Waals surface area contributed by atoms with E-state index in [4.69, 9.17) is 14.2 Å². The van der Waals surface area contributed by atoms with Crippen LogP contribution in [0.25, 0.3) is 10.2 Å². The minimum absolute atomic E-state index is 0.219. The van der Waals surface area contributed by atoms with Crippen LogP contribution in [0.4, 0.5) is 0 Å². The number of thiazole rings is 1. The summed E-state index contributed by atoms with van der Waals surface area (Å²) in [6.07, 6.45) is 0. The van der Waals surface area contributed by atoms with Gasteiger partial charge in [0.15, 0.2) is 16.5 Å². The molecule has 1 amide bonds. The van der Waals surface area contributed by atoms with Crippen molar-refractivity contribution in [3.63, 3.8) is 0 Å². The zero-order chi connectivity index (χ0) is 17.8. The van der Waals surface area contributed by atoms with Gasteiger partial charge in [-0.05, 0) is 24.3 Å². The van der Waals surface area contributed by atoms with Gasteiger partial charge in [0.05, 0.1) is 16.8 Å². The number of fused-ring (bicyclic) bond motifs is 2. The number of amides is 1. The Morgan fingerprint density at radius 3 is 3.00 bits per heavy atom. The number of carbonyl (C=O) groups is 1.